The molecule has 0 unspecified atom stereocenters. The lowest BCUT2D eigenvalue weighted by Gasteiger charge is -2.21. The van der Waals surface area contributed by atoms with Crippen molar-refractivity contribution in [2.75, 3.05) is 12.8 Å². The molecule has 2 aromatic heterocycles. The molecule has 3 heterocycles. The van der Waals surface area contributed by atoms with E-state index in [1.165, 1.54) is 15.6 Å². The molecular weight excluding hydrogens is 350 g/mol. The second-order valence-electron chi connectivity index (χ2n) is 5.48. The highest BCUT2D eigenvalue weighted by Crippen LogP contribution is 2.22. The van der Waals surface area contributed by atoms with Crippen LogP contribution in [0.3, 0.4) is 0 Å². The number of aromatic nitrogens is 3. The zero-order valence-corrected chi connectivity index (χ0v) is 14.7. The van der Waals surface area contributed by atoms with Gasteiger partial charge in [0.1, 0.15) is 16.7 Å². The van der Waals surface area contributed by atoms with Crippen molar-refractivity contribution in [1.29, 1.82) is 0 Å². The van der Waals surface area contributed by atoms with Crippen LogP contribution in [0.2, 0.25) is 0 Å². The number of hydrogen-bond acceptors (Lipinski definition) is 7. The van der Waals surface area contributed by atoms with Gasteiger partial charge in [-0.15, -0.1) is 11.3 Å². The van der Waals surface area contributed by atoms with Crippen LogP contribution in [0.1, 0.15) is 18.5 Å². The molecule has 2 aromatic rings. The first-order valence-electron chi connectivity index (χ1n) is 7.40. The van der Waals surface area contributed by atoms with E-state index in [0.717, 1.165) is 11.3 Å². The molecule has 10 heteroatoms. The van der Waals surface area contributed by atoms with Crippen LogP contribution in [0.5, 0.6) is 0 Å². The number of hydrogen-bond donors (Lipinski definition) is 1. The van der Waals surface area contributed by atoms with Gasteiger partial charge in [-0.25, -0.2) is 13.4 Å². The van der Waals surface area contributed by atoms with Crippen LogP contribution in [0, 0.1) is 0 Å². The number of carbonyl (C=O) groups excluding carboxylic acids is 1. The molecule has 0 bridgehead atoms. The molecule has 1 atom stereocenters. The minimum absolute atomic E-state index is 0.254. The number of amides is 1. The molecule has 1 aliphatic heterocycles. The molecule has 1 aliphatic rings. The monoisotopic (exact) mass is 367 g/mol. The molecule has 24 heavy (non-hydrogen) atoms. The lowest BCUT2D eigenvalue weighted by molar-refractivity contribution is -0.124. The minimum Gasteiger partial charge on any atom is -0.349 e. The Balaban J connectivity index is 1.62. The summed E-state index contributed by atoms with van der Waals surface area (Å²) in [6.07, 6.45) is 7.18. The van der Waals surface area contributed by atoms with Crippen LogP contribution in [0.4, 0.5) is 0 Å². The van der Waals surface area contributed by atoms with Crippen LogP contribution in [0.15, 0.2) is 24.0 Å². The third-order valence-corrected chi connectivity index (χ3v) is 5.91. The van der Waals surface area contributed by atoms with Crippen molar-refractivity contribution < 1.29 is 13.2 Å². The zero-order valence-electron chi connectivity index (χ0n) is 13.0. The van der Waals surface area contributed by atoms with Gasteiger partial charge < -0.3 is 5.32 Å². The summed E-state index contributed by atoms with van der Waals surface area (Å²) in [5, 5.41) is 5.34. The summed E-state index contributed by atoms with van der Waals surface area (Å²) in [5.41, 5.74) is 1.39. The molecule has 8 nitrogen and oxygen atoms in total. The van der Waals surface area contributed by atoms with Gasteiger partial charge in [-0.1, -0.05) is 0 Å². The lowest BCUT2D eigenvalue weighted by Crippen LogP contribution is -2.45. The van der Waals surface area contributed by atoms with Crippen molar-refractivity contribution in [2.24, 2.45) is 0 Å². The fourth-order valence-corrected chi connectivity index (χ4v) is 4.51. The largest absolute Gasteiger partial charge is 0.349 e. The minimum atomic E-state index is -3.37. The van der Waals surface area contributed by atoms with Gasteiger partial charge in [0.25, 0.3) is 0 Å². The fraction of sp³-hybridized carbons (Fsp3) is 0.429. The highest BCUT2D eigenvalue weighted by molar-refractivity contribution is 7.88. The topological polar surface area (TPSA) is 105 Å². The molecule has 0 aliphatic carbocycles. The van der Waals surface area contributed by atoms with E-state index in [1.54, 1.807) is 18.6 Å². The van der Waals surface area contributed by atoms with E-state index in [4.69, 9.17) is 0 Å². The number of carbonyl (C=O) groups is 1. The lowest BCUT2D eigenvalue weighted by atomic mass is 10.2. The zero-order chi connectivity index (χ0) is 17.2. The maximum Gasteiger partial charge on any atom is 0.238 e. The Labute approximate surface area is 144 Å². The standard InChI is InChI=1S/C14H17N5O3S2/c1-24(21,22)19-6-2-3-12(19)13(20)17-7-10-9-23-14(18-10)11-8-15-4-5-16-11/h4-5,8-9,12H,2-3,6-7H2,1H3,(H,17,20)/t12-/m0/s1. The molecule has 128 valence electrons. The van der Waals surface area contributed by atoms with E-state index in [0.29, 0.717) is 30.8 Å². The van der Waals surface area contributed by atoms with E-state index in [1.807, 2.05) is 5.38 Å². The van der Waals surface area contributed by atoms with Crippen molar-refractivity contribution in [3.05, 3.63) is 29.7 Å². The Bertz CT molecular complexity index is 822. The molecule has 1 amide bonds. The van der Waals surface area contributed by atoms with Gasteiger partial charge in [-0.05, 0) is 12.8 Å². The average Bonchev–Trinajstić information content (AvgIpc) is 3.22. The van der Waals surface area contributed by atoms with Crippen LogP contribution < -0.4 is 5.32 Å². The van der Waals surface area contributed by atoms with Crippen molar-refractivity contribution in [3.63, 3.8) is 0 Å². The Hall–Kier alpha value is -1.91. The van der Waals surface area contributed by atoms with E-state index >= 15 is 0 Å². The second-order valence-corrected chi connectivity index (χ2v) is 8.28. The van der Waals surface area contributed by atoms with Gasteiger partial charge in [-0.3, -0.25) is 14.8 Å². The summed E-state index contributed by atoms with van der Waals surface area (Å²) < 4.78 is 24.7. The SMILES string of the molecule is CS(=O)(=O)N1CCC[C@H]1C(=O)NCc1csc(-c2cnccn2)n1. The highest BCUT2D eigenvalue weighted by atomic mass is 32.2. The van der Waals surface area contributed by atoms with Crippen LogP contribution in [-0.2, 0) is 21.4 Å². The number of nitrogens with zero attached hydrogens (tertiary/aromatic N) is 4. The van der Waals surface area contributed by atoms with Gasteiger partial charge >= 0.3 is 0 Å². The Morgan fingerprint density at radius 2 is 2.29 bits per heavy atom. The van der Waals surface area contributed by atoms with Crippen LogP contribution >= 0.6 is 11.3 Å². The third-order valence-electron chi connectivity index (χ3n) is 3.71. The quantitative estimate of drug-likeness (QED) is 0.831. The molecule has 0 aromatic carbocycles. The summed E-state index contributed by atoms with van der Waals surface area (Å²) in [4.78, 5) is 24.9. The van der Waals surface area contributed by atoms with Gasteiger partial charge in [0, 0.05) is 24.3 Å². The summed E-state index contributed by atoms with van der Waals surface area (Å²) in [6.45, 7) is 0.647. The molecule has 1 N–H and O–H groups in total. The van der Waals surface area contributed by atoms with Gasteiger partial charge in [-0.2, -0.15) is 4.31 Å². The van der Waals surface area contributed by atoms with Gasteiger partial charge in [0.2, 0.25) is 15.9 Å². The smallest absolute Gasteiger partial charge is 0.238 e. The van der Waals surface area contributed by atoms with Gasteiger partial charge in [0.05, 0.1) is 24.7 Å². The Morgan fingerprint density at radius 3 is 3.00 bits per heavy atom. The number of sulfonamides is 1. The average molecular weight is 367 g/mol. The van der Waals surface area contributed by atoms with Crippen molar-refractivity contribution in [3.8, 4) is 10.7 Å². The van der Waals surface area contributed by atoms with E-state index in [9.17, 15) is 13.2 Å². The molecule has 3 rings (SSSR count). The molecule has 0 spiro atoms. The Kier molecular flexibility index (Phi) is 4.88. The predicted octanol–water partition coefficient (Wildman–Crippen LogP) is 0.640. The predicted molar refractivity (Wildman–Crippen MR) is 89.6 cm³/mol. The number of thiazole rings is 1. The first-order chi connectivity index (χ1) is 11.4. The molecule has 0 saturated carbocycles. The molecule has 0 radical (unpaired) electrons. The maximum absolute atomic E-state index is 12.3. The normalized spacial score (nSPS) is 18.6. The molecule has 1 fully saturated rings. The number of rotatable bonds is 5. The summed E-state index contributed by atoms with van der Waals surface area (Å²) in [6, 6.07) is -0.627. The maximum atomic E-state index is 12.3. The van der Waals surface area contributed by atoms with Crippen molar-refractivity contribution >= 4 is 27.3 Å². The van der Waals surface area contributed by atoms with Crippen molar-refractivity contribution in [1.82, 2.24) is 24.6 Å². The van der Waals surface area contributed by atoms with Crippen LogP contribution in [-0.4, -0.2) is 52.4 Å². The van der Waals surface area contributed by atoms with Gasteiger partial charge in [0.15, 0.2) is 0 Å². The fourth-order valence-electron chi connectivity index (χ4n) is 2.61. The van der Waals surface area contributed by atoms with E-state index in [-0.39, 0.29) is 12.5 Å². The highest BCUT2D eigenvalue weighted by Gasteiger charge is 2.36. The number of nitrogens with one attached hydrogen (secondary N) is 1. The van der Waals surface area contributed by atoms with E-state index < -0.39 is 16.1 Å². The third kappa shape index (κ3) is 3.77. The second kappa shape index (κ2) is 6.91. The molecule has 1 saturated heterocycles. The summed E-state index contributed by atoms with van der Waals surface area (Å²) in [5.74, 6) is -0.285. The van der Waals surface area contributed by atoms with Crippen molar-refractivity contribution in [2.45, 2.75) is 25.4 Å². The first kappa shape index (κ1) is 16.9. The first-order valence-corrected chi connectivity index (χ1v) is 10.1. The Morgan fingerprint density at radius 1 is 1.46 bits per heavy atom. The van der Waals surface area contributed by atoms with E-state index in [2.05, 4.69) is 20.3 Å². The summed E-state index contributed by atoms with van der Waals surface area (Å²) in [7, 11) is -3.37. The summed E-state index contributed by atoms with van der Waals surface area (Å²) >= 11 is 1.42. The van der Waals surface area contributed by atoms with Crippen LogP contribution in [0.25, 0.3) is 10.7 Å². The molecular formula is C14H17N5O3S2.